The number of hydrogen-bond acceptors (Lipinski definition) is 4. The normalized spacial score (nSPS) is 10.9. The van der Waals surface area contributed by atoms with Crippen molar-refractivity contribution in [2.45, 2.75) is 39.8 Å². The molecule has 18 heavy (non-hydrogen) atoms. The lowest BCUT2D eigenvalue weighted by atomic mass is 10.2. The van der Waals surface area contributed by atoms with E-state index in [9.17, 15) is 9.59 Å². The minimum Gasteiger partial charge on any atom is -0.444 e. The first-order chi connectivity index (χ1) is 8.28. The fourth-order valence-electron chi connectivity index (χ4n) is 1.25. The number of amides is 1. The van der Waals surface area contributed by atoms with Gasteiger partial charge in [-0.3, -0.25) is 4.79 Å². The Balaban J connectivity index is 2.56. The SMILES string of the molecule is CC(=O)c1cccc(CNC(=O)OC(C)(C)C)n1. The van der Waals surface area contributed by atoms with Gasteiger partial charge in [0.25, 0.3) is 0 Å². The second kappa shape index (κ2) is 5.62. The van der Waals surface area contributed by atoms with Crippen molar-refractivity contribution in [2.24, 2.45) is 0 Å². The summed E-state index contributed by atoms with van der Waals surface area (Å²) in [7, 11) is 0. The number of nitrogens with one attached hydrogen (secondary N) is 1. The minimum absolute atomic E-state index is 0.103. The molecule has 0 aromatic carbocycles. The number of carbonyl (C=O) groups excluding carboxylic acids is 2. The van der Waals surface area contributed by atoms with Crippen LogP contribution < -0.4 is 5.32 Å². The maximum atomic E-state index is 11.4. The van der Waals surface area contributed by atoms with Crippen molar-refractivity contribution in [3.8, 4) is 0 Å². The van der Waals surface area contributed by atoms with Gasteiger partial charge in [0.05, 0.1) is 12.2 Å². The standard InChI is InChI=1S/C13H18N2O3/c1-9(16)11-7-5-6-10(15-11)8-14-12(17)18-13(2,3)4/h5-7H,8H2,1-4H3,(H,14,17). The fraction of sp³-hybridized carbons (Fsp3) is 0.462. The fourth-order valence-corrected chi connectivity index (χ4v) is 1.25. The molecule has 0 radical (unpaired) electrons. The molecule has 0 atom stereocenters. The Morgan fingerprint density at radius 2 is 2.00 bits per heavy atom. The number of alkyl carbamates (subject to hydrolysis) is 1. The first-order valence-electron chi connectivity index (χ1n) is 5.71. The van der Waals surface area contributed by atoms with Gasteiger partial charge in [-0.2, -0.15) is 0 Å². The number of ether oxygens (including phenoxy) is 1. The van der Waals surface area contributed by atoms with Crippen molar-refractivity contribution in [3.63, 3.8) is 0 Å². The van der Waals surface area contributed by atoms with E-state index in [0.29, 0.717) is 11.4 Å². The Morgan fingerprint density at radius 3 is 2.56 bits per heavy atom. The van der Waals surface area contributed by atoms with E-state index in [1.165, 1.54) is 6.92 Å². The molecule has 1 N–H and O–H groups in total. The Hall–Kier alpha value is -1.91. The van der Waals surface area contributed by atoms with Crippen molar-refractivity contribution in [2.75, 3.05) is 0 Å². The smallest absolute Gasteiger partial charge is 0.407 e. The summed E-state index contributed by atoms with van der Waals surface area (Å²) in [5.41, 5.74) is 0.478. The van der Waals surface area contributed by atoms with E-state index in [0.717, 1.165) is 0 Å². The minimum atomic E-state index is -0.529. The van der Waals surface area contributed by atoms with Gasteiger partial charge in [0.1, 0.15) is 11.3 Å². The zero-order valence-corrected chi connectivity index (χ0v) is 11.1. The quantitative estimate of drug-likeness (QED) is 0.836. The summed E-state index contributed by atoms with van der Waals surface area (Å²) in [6.07, 6.45) is -0.502. The van der Waals surface area contributed by atoms with E-state index in [-0.39, 0.29) is 12.3 Å². The van der Waals surface area contributed by atoms with Gasteiger partial charge in [-0.15, -0.1) is 0 Å². The van der Waals surface area contributed by atoms with Gasteiger partial charge < -0.3 is 10.1 Å². The molecule has 0 aliphatic rings. The van der Waals surface area contributed by atoms with Crippen LogP contribution in [0, 0.1) is 0 Å². The van der Waals surface area contributed by atoms with Crippen LogP contribution in [0.2, 0.25) is 0 Å². The first-order valence-corrected chi connectivity index (χ1v) is 5.71. The molecule has 0 saturated heterocycles. The number of hydrogen-bond donors (Lipinski definition) is 1. The largest absolute Gasteiger partial charge is 0.444 e. The number of pyridine rings is 1. The van der Waals surface area contributed by atoms with E-state index < -0.39 is 11.7 Å². The van der Waals surface area contributed by atoms with E-state index in [1.54, 1.807) is 39.0 Å². The van der Waals surface area contributed by atoms with Crippen molar-refractivity contribution in [1.82, 2.24) is 10.3 Å². The predicted octanol–water partition coefficient (Wildman–Crippen LogP) is 2.31. The summed E-state index contributed by atoms with van der Waals surface area (Å²) >= 11 is 0. The number of ketones is 1. The van der Waals surface area contributed by atoms with Crippen LogP contribution in [0.1, 0.15) is 43.9 Å². The van der Waals surface area contributed by atoms with E-state index in [1.807, 2.05) is 0 Å². The van der Waals surface area contributed by atoms with E-state index in [4.69, 9.17) is 4.74 Å². The van der Waals surface area contributed by atoms with Crippen molar-refractivity contribution >= 4 is 11.9 Å². The van der Waals surface area contributed by atoms with Gasteiger partial charge in [0.2, 0.25) is 0 Å². The highest BCUT2D eigenvalue weighted by molar-refractivity contribution is 5.92. The lowest BCUT2D eigenvalue weighted by Crippen LogP contribution is -2.32. The summed E-state index contributed by atoms with van der Waals surface area (Å²) < 4.78 is 5.09. The maximum Gasteiger partial charge on any atom is 0.407 e. The average Bonchev–Trinajstić information content (AvgIpc) is 2.24. The maximum absolute atomic E-state index is 11.4. The van der Waals surface area contributed by atoms with E-state index in [2.05, 4.69) is 10.3 Å². The van der Waals surface area contributed by atoms with Crippen LogP contribution in [0.25, 0.3) is 0 Å². The third-order valence-corrected chi connectivity index (χ3v) is 1.98. The van der Waals surface area contributed by atoms with Crippen LogP contribution in [-0.2, 0) is 11.3 Å². The Bertz CT molecular complexity index is 450. The topological polar surface area (TPSA) is 68.3 Å². The van der Waals surface area contributed by atoms with Gasteiger partial charge in [-0.1, -0.05) is 6.07 Å². The molecular weight excluding hydrogens is 232 g/mol. The molecule has 1 aromatic heterocycles. The van der Waals surface area contributed by atoms with Crippen molar-refractivity contribution in [1.29, 1.82) is 0 Å². The van der Waals surface area contributed by atoms with Crippen LogP contribution in [0.4, 0.5) is 4.79 Å². The highest BCUT2D eigenvalue weighted by Crippen LogP contribution is 2.07. The monoisotopic (exact) mass is 250 g/mol. The number of Topliss-reactive ketones (excluding diaryl/α,β-unsaturated/α-hetero) is 1. The highest BCUT2D eigenvalue weighted by atomic mass is 16.6. The molecule has 1 heterocycles. The molecule has 0 spiro atoms. The molecule has 5 heteroatoms. The lowest BCUT2D eigenvalue weighted by molar-refractivity contribution is 0.0523. The number of aromatic nitrogens is 1. The van der Waals surface area contributed by atoms with Gasteiger partial charge in [0.15, 0.2) is 5.78 Å². The molecular formula is C13H18N2O3. The van der Waals surface area contributed by atoms with Gasteiger partial charge in [-0.05, 0) is 32.9 Å². The summed E-state index contributed by atoms with van der Waals surface area (Å²) in [6.45, 7) is 7.06. The number of nitrogens with zero attached hydrogens (tertiary/aromatic N) is 1. The molecule has 98 valence electrons. The Labute approximate surface area is 107 Å². The summed E-state index contributed by atoms with van der Waals surface area (Å²) in [4.78, 5) is 26.7. The zero-order chi connectivity index (χ0) is 13.8. The van der Waals surface area contributed by atoms with Crippen LogP contribution >= 0.6 is 0 Å². The molecule has 5 nitrogen and oxygen atoms in total. The first kappa shape index (κ1) is 14.2. The summed E-state index contributed by atoms with van der Waals surface area (Å²) in [6, 6.07) is 5.11. The third-order valence-electron chi connectivity index (χ3n) is 1.98. The lowest BCUT2D eigenvalue weighted by Gasteiger charge is -2.19. The Morgan fingerprint density at radius 1 is 1.33 bits per heavy atom. The van der Waals surface area contributed by atoms with Gasteiger partial charge >= 0.3 is 6.09 Å². The molecule has 0 saturated carbocycles. The molecule has 1 amide bonds. The molecule has 0 unspecified atom stereocenters. The molecule has 1 aromatic rings. The van der Waals surface area contributed by atoms with Crippen molar-refractivity contribution < 1.29 is 14.3 Å². The van der Waals surface area contributed by atoms with Crippen LogP contribution in [0.5, 0.6) is 0 Å². The molecule has 0 fully saturated rings. The van der Waals surface area contributed by atoms with E-state index >= 15 is 0 Å². The second-order valence-electron chi connectivity index (χ2n) is 4.93. The predicted molar refractivity (Wildman–Crippen MR) is 67.3 cm³/mol. The van der Waals surface area contributed by atoms with Crippen LogP contribution in [0.3, 0.4) is 0 Å². The Kier molecular flexibility index (Phi) is 4.42. The number of carbonyl (C=O) groups is 2. The van der Waals surface area contributed by atoms with Gasteiger partial charge in [-0.25, -0.2) is 9.78 Å². The number of rotatable bonds is 3. The summed E-state index contributed by atoms with van der Waals surface area (Å²) in [5.74, 6) is -0.103. The zero-order valence-electron chi connectivity index (χ0n) is 11.1. The summed E-state index contributed by atoms with van der Waals surface area (Å²) in [5, 5.41) is 2.59. The molecule has 1 rings (SSSR count). The molecule has 0 bridgehead atoms. The second-order valence-corrected chi connectivity index (χ2v) is 4.93. The highest BCUT2D eigenvalue weighted by Gasteiger charge is 2.15. The average molecular weight is 250 g/mol. The van der Waals surface area contributed by atoms with Crippen LogP contribution in [-0.4, -0.2) is 22.5 Å². The third kappa shape index (κ3) is 4.95. The van der Waals surface area contributed by atoms with Crippen LogP contribution in [0.15, 0.2) is 18.2 Å². The van der Waals surface area contributed by atoms with Gasteiger partial charge in [0, 0.05) is 6.92 Å². The molecule has 0 aliphatic heterocycles. The van der Waals surface area contributed by atoms with Crippen molar-refractivity contribution in [3.05, 3.63) is 29.6 Å². The molecule has 0 aliphatic carbocycles.